The maximum Gasteiger partial charge on any atom is 0.0867 e. The summed E-state index contributed by atoms with van der Waals surface area (Å²) in [7, 11) is 0. The number of rotatable bonds is 4. The zero-order valence-electron chi connectivity index (χ0n) is 10.3. The summed E-state index contributed by atoms with van der Waals surface area (Å²) in [4.78, 5) is 0. The molecule has 17 heavy (non-hydrogen) atoms. The number of nitrogens with zero attached hydrogens (tertiary/aromatic N) is 1. The first-order valence-corrected chi connectivity index (χ1v) is 6.66. The molecule has 0 heterocycles. The molecule has 0 spiro atoms. The van der Waals surface area contributed by atoms with Crippen molar-refractivity contribution in [1.29, 1.82) is 0 Å². The van der Waals surface area contributed by atoms with Crippen LogP contribution in [0.3, 0.4) is 0 Å². The summed E-state index contributed by atoms with van der Waals surface area (Å²) in [5.74, 6) is 0.837. The first kappa shape index (κ1) is 12.2. The van der Waals surface area contributed by atoms with Crippen molar-refractivity contribution in [2.24, 2.45) is 11.1 Å². The summed E-state index contributed by atoms with van der Waals surface area (Å²) in [5.41, 5.74) is 1.88. The second-order valence-corrected chi connectivity index (χ2v) is 4.96. The summed E-state index contributed by atoms with van der Waals surface area (Å²) < 4.78 is 0. The Bertz CT molecular complexity index is 352. The lowest BCUT2D eigenvalue weighted by atomic mass is 9.85. The second-order valence-electron chi connectivity index (χ2n) is 4.96. The van der Waals surface area contributed by atoms with Crippen LogP contribution in [0.5, 0.6) is 0 Å². The van der Waals surface area contributed by atoms with Gasteiger partial charge in [-0.2, -0.15) is 0 Å². The van der Waals surface area contributed by atoms with Crippen molar-refractivity contribution in [3.63, 3.8) is 0 Å². The van der Waals surface area contributed by atoms with Crippen LogP contribution in [-0.2, 0) is 0 Å². The minimum Gasteiger partial charge on any atom is -0.411 e. The van der Waals surface area contributed by atoms with Crippen LogP contribution >= 0.6 is 0 Å². The van der Waals surface area contributed by atoms with E-state index in [0.717, 1.165) is 30.0 Å². The second kappa shape index (κ2) is 6.43. The molecule has 2 heteroatoms. The van der Waals surface area contributed by atoms with Crippen LogP contribution in [0, 0.1) is 5.92 Å². The molecule has 1 aromatic carbocycles. The Balaban J connectivity index is 1.88. The fourth-order valence-corrected chi connectivity index (χ4v) is 2.70. The largest absolute Gasteiger partial charge is 0.411 e. The summed E-state index contributed by atoms with van der Waals surface area (Å²) in [5, 5.41) is 12.6. The summed E-state index contributed by atoms with van der Waals surface area (Å²) in [6.45, 7) is 0. The molecule has 1 saturated carbocycles. The van der Waals surface area contributed by atoms with Gasteiger partial charge in [0.2, 0.25) is 0 Å². The van der Waals surface area contributed by atoms with Crippen LogP contribution < -0.4 is 0 Å². The van der Waals surface area contributed by atoms with Gasteiger partial charge in [0.25, 0.3) is 0 Å². The lowest BCUT2D eigenvalue weighted by molar-refractivity contribution is 0.313. The zero-order chi connectivity index (χ0) is 11.9. The van der Waals surface area contributed by atoms with Crippen molar-refractivity contribution in [3.05, 3.63) is 35.9 Å². The molecule has 0 amide bonds. The minimum absolute atomic E-state index is 0.830. The van der Waals surface area contributed by atoms with Crippen molar-refractivity contribution in [1.82, 2.24) is 0 Å². The van der Waals surface area contributed by atoms with Crippen LogP contribution in [0.15, 0.2) is 35.5 Å². The monoisotopic (exact) mass is 231 g/mol. The Morgan fingerprint density at radius 1 is 1.12 bits per heavy atom. The zero-order valence-corrected chi connectivity index (χ0v) is 10.3. The number of hydrogen-bond acceptors (Lipinski definition) is 2. The van der Waals surface area contributed by atoms with Crippen LogP contribution in [0.25, 0.3) is 0 Å². The van der Waals surface area contributed by atoms with Gasteiger partial charge in [-0.05, 0) is 24.3 Å². The molecule has 0 aromatic heterocycles. The maximum atomic E-state index is 9.10. The molecule has 0 saturated heterocycles. The quantitative estimate of drug-likeness (QED) is 0.469. The Morgan fingerprint density at radius 2 is 1.82 bits per heavy atom. The van der Waals surface area contributed by atoms with E-state index in [4.69, 9.17) is 5.21 Å². The van der Waals surface area contributed by atoms with Gasteiger partial charge in [-0.1, -0.05) is 67.6 Å². The van der Waals surface area contributed by atoms with Gasteiger partial charge >= 0.3 is 0 Å². The molecule has 0 atom stereocenters. The van der Waals surface area contributed by atoms with E-state index < -0.39 is 0 Å². The first-order chi connectivity index (χ1) is 8.40. The molecule has 2 rings (SSSR count). The van der Waals surface area contributed by atoms with E-state index in [0.29, 0.717) is 0 Å². The van der Waals surface area contributed by atoms with Crippen LogP contribution in [-0.4, -0.2) is 10.9 Å². The third-order valence-corrected chi connectivity index (χ3v) is 3.74. The smallest absolute Gasteiger partial charge is 0.0867 e. The third kappa shape index (κ3) is 3.58. The summed E-state index contributed by atoms with van der Waals surface area (Å²) >= 11 is 0. The average Bonchev–Trinajstić information content (AvgIpc) is 2.42. The molecule has 0 bridgehead atoms. The normalized spacial score (nSPS) is 18.2. The number of benzene rings is 1. The Hall–Kier alpha value is -1.31. The van der Waals surface area contributed by atoms with E-state index in [1.165, 1.54) is 32.1 Å². The summed E-state index contributed by atoms with van der Waals surface area (Å²) in [6, 6.07) is 9.98. The highest BCUT2D eigenvalue weighted by Crippen LogP contribution is 2.27. The van der Waals surface area contributed by atoms with Crippen molar-refractivity contribution in [2.75, 3.05) is 0 Å². The predicted octanol–water partition coefficient (Wildman–Crippen LogP) is 4.23. The van der Waals surface area contributed by atoms with Gasteiger partial charge in [-0.15, -0.1) is 0 Å². The lowest BCUT2D eigenvalue weighted by Crippen LogP contribution is -2.09. The molecule has 0 aliphatic heterocycles. The van der Waals surface area contributed by atoms with Crippen molar-refractivity contribution < 1.29 is 5.21 Å². The lowest BCUT2D eigenvalue weighted by Gasteiger charge is -2.21. The summed E-state index contributed by atoms with van der Waals surface area (Å²) in [6.07, 6.45) is 8.92. The third-order valence-electron chi connectivity index (χ3n) is 3.74. The van der Waals surface area contributed by atoms with Crippen molar-refractivity contribution in [2.45, 2.75) is 44.9 Å². The number of hydrogen-bond donors (Lipinski definition) is 1. The fraction of sp³-hybridized carbons (Fsp3) is 0.533. The van der Waals surface area contributed by atoms with E-state index in [9.17, 15) is 0 Å². The molecule has 92 valence electrons. The van der Waals surface area contributed by atoms with Crippen molar-refractivity contribution >= 4 is 5.71 Å². The standard InChI is InChI=1S/C15H21NO/c17-16-15(14-9-5-2-6-10-14)12-11-13-7-3-1-4-8-13/h2,5-6,9-10,13,17H,1,3-4,7-8,11-12H2. The van der Waals surface area contributed by atoms with Gasteiger partial charge in [0.15, 0.2) is 0 Å². The predicted molar refractivity (Wildman–Crippen MR) is 70.6 cm³/mol. The molecule has 1 aliphatic carbocycles. The molecular formula is C15H21NO. The highest BCUT2D eigenvalue weighted by atomic mass is 16.4. The van der Waals surface area contributed by atoms with Gasteiger partial charge < -0.3 is 5.21 Å². The van der Waals surface area contributed by atoms with Crippen LogP contribution in [0.2, 0.25) is 0 Å². The van der Waals surface area contributed by atoms with Crippen molar-refractivity contribution in [3.8, 4) is 0 Å². The van der Waals surface area contributed by atoms with Gasteiger partial charge in [0.1, 0.15) is 0 Å². The molecule has 1 aliphatic rings. The van der Waals surface area contributed by atoms with E-state index in [-0.39, 0.29) is 0 Å². The molecule has 2 nitrogen and oxygen atoms in total. The molecule has 0 radical (unpaired) electrons. The first-order valence-electron chi connectivity index (χ1n) is 6.66. The average molecular weight is 231 g/mol. The fourth-order valence-electron chi connectivity index (χ4n) is 2.70. The highest BCUT2D eigenvalue weighted by Gasteiger charge is 2.14. The van der Waals surface area contributed by atoms with E-state index in [1.807, 2.05) is 30.3 Å². The maximum absolute atomic E-state index is 9.10. The Morgan fingerprint density at radius 3 is 2.47 bits per heavy atom. The SMILES string of the molecule is ON=C(CCC1CCCCC1)c1ccccc1. The molecule has 1 aromatic rings. The van der Waals surface area contributed by atoms with E-state index in [1.54, 1.807) is 0 Å². The van der Waals surface area contributed by atoms with Crippen LogP contribution in [0.1, 0.15) is 50.5 Å². The Labute approximate surface area is 103 Å². The molecule has 1 fully saturated rings. The van der Waals surface area contributed by atoms with Gasteiger partial charge in [0.05, 0.1) is 5.71 Å². The topological polar surface area (TPSA) is 32.6 Å². The van der Waals surface area contributed by atoms with Crippen LogP contribution in [0.4, 0.5) is 0 Å². The van der Waals surface area contributed by atoms with E-state index >= 15 is 0 Å². The van der Waals surface area contributed by atoms with Gasteiger partial charge in [-0.3, -0.25) is 0 Å². The minimum atomic E-state index is 0.830. The van der Waals surface area contributed by atoms with Gasteiger partial charge in [-0.25, -0.2) is 0 Å². The Kier molecular flexibility index (Phi) is 4.60. The molecule has 1 N–H and O–H groups in total. The highest BCUT2D eigenvalue weighted by molar-refractivity contribution is 6.00. The molecule has 0 unspecified atom stereocenters. The number of oxime groups is 1. The molecular weight excluding hydrogens is 210 g/mol. The van der Waals surface area contributed by atoms with E-state index in [2.05, 4.69) is 5.16 Å². The van der Waals surface area contributed by atoms with Gasteiger partial charge in [0, 0.05) is 0 Å².